The zero-order valence-corrected chi connectivity index (χ0v) is 9.97. The van der Waals surface area contributed by atoms with Crippen LogP contribution in [0.2, 0.25) is 8.43 Å². The Morgan fingerprint density at radius 3 is 2.00 bits per heavy atom. The minimum absolute atomic E-state index is 0.00704. The molecule has 0 saturated carbocycles. The number of carbonyl (C=O) groups excluding carboxylic acids is 1. The van der Waals surface area contributed by atoms with Crippen molar-refractivity contribution in [3.8, 4) is 0 Å². The van der Waals surface area contributed by atoms with Crippen molar-refractivity contribution in [3.05, 3.63) is 0 Å². The second-order valence-corrected chi connectivity index (χ2v) is 5.79. The fourth-order valence-corrected chi connectivity index (χ4v) is 3.46. The van der Waals surface area contributed by atoms with E-state index in [1.807, 2.05) is 0 Å². The van der Waals surface area contributed by atoms with Gasteiger partial charge in [-0.1, -0.05) is 0 Å². The van der Waals surface area contributed by atoms with Crippen LogP contribution in [0.3, 0.4) is 0 Å². The molecule has 0 fully saturated rings. The third-order valence-electron chi connectivity index (χ3n) is 2.09. The zero-order valence-electron chi connectivity index (χ0n) is 7.64. The molecule has 0 bridgehead atoms. The zero-order chi connectivity index (χ0) is 8.91. The van der Waals surface area contributed by atoms with Crippen LogP contribution in [0.4, 0.5) is 0 Å². The summed E-state index contributed by atoms with van der Waals surface area (Å²) in [6.07, 6.45) is 1.85. The summed E-state index contributed by atoms with van der Waals surface area (Å²) >= 11 is -0.236. The van der Waals surface area contributed by atoms with Crippen LogP contribution in [0.1, 0.15) is 26.7 Å². The van der Waals surface area contributed by atoms with E-state index in [1.165, 1.54) is 7.11 Å². The van der Waals surface area contributed by atoms with Crippen LogP contribution in [0.5, 0.6) is 0 Å². The van der Waals surface area contributed by atoms with Gasteiger partial charge in [-0.2, -0.15) is 0 Å². The molecule has 0 spiro atoms. The van der Waals surface area contributed by atoms with Gasteiger partial charge in [-0.05, 0) is 0 Å². The number of rotatable bonds is 4. The van der Waals surface area contributed by atoms with Gasteiger partial charge in [0, 0.05) is 0 Å². The van der Waals surface area contributed by atoms with E-state index in [1.54, 1.807) is 0 Å². The van der Waals surface area contributed by atoms with Crippen LogP contribution >= 0.6 is 0 Å². The van der Waals surface area contributed by atoms with Gasteiger partial charge in [0.15, 0.2) is 0 Å². The fourth-order valence-electron chi connectivity index (χ4n) is 1.10. The molecule has 0 rings (SSSR count). The van der Waals surface area contributed by atoms with Crippen molar-refractivity contribution < 1.29 is 9.53 Å². The van der Waals surface area contributed by atoms with Gasteiger partial charge < -0.3 is 0 Å². The first-order valence-electron chi connectivity index (χ1n) is 3.80. The van der Waals surface area contributed by atoms with Crippen LogP contribution in [-0.4, -0.2) is 34.0 Å². The van der Waals surface area contributed by atoms with E-state index in [0.717, 1.165) is 12.8 Å². The Morgan fingerprint density at radius 2 is 1.91 bits per heavy atom. The normalized spacial score (nSPS) is 11.3. The molecule has 0 aromatic rings. The predicted molar refractivity (Wildman–Crippen MR) is 46.9 cm³/mol. The van der Waals surface area contributed by atoms with E-state index < -0.39 is 0 Å². The first-order valence-corrected chi connectivity index (χ1v) is 7.30. The Kier molecular flexibility index (Phi) is 5.12. The molecule has 0 amide bonds. The number of esters is 1. The fraction of sp³-hybridized carbons (Fsp3) is 0.875. The third-order valence-corrected chi connectivity index (χ3v) is 6.44. The molecule has 0 aliphatic rings. The van der Waals surface area contributed by atoms with Gasteiger partial charge in [0.1, 0.15) is 0 Å². The summed E-state index contributed by atoms with van der Waals surface area (Å²) < 4.78 is 4.68. The summed E-state index contributed by atoms with van der Waals surface area (Å²) in [4.78, 5) is 13.5. The standard InChI is InChI=1S/C8H16O2Te/c1-5-8(6-2,11-4)7(9)10-3/h5-6H2,1-4H3. The molecule has 0 atom stereocenters. The van der Waals surface area contributed by atoms with E-state index in [4.69, 9.17) is 4.74 Å². The van der Waals surface area contributed by atoms with Crippen molar-refractivity contribution in [3.63, 3.8) is 0 Å². The summed E-state index contributed by atoms with van der Waals surface area (Å²) in [7, 11) is 1.48. The first-order chi connectivity index (χ1) is 5.16. The molecule has 0 aromatic carbocycles. The maximum absolute atomic E-state index is 11.3. The second-order valence-electron chi connectivity index (χ2n) is 2.40. The topological polar surface area (TPSA) is 26.3 Å². The summed E-state index contributed by atoms with van der Waals surface area (Å²) in [6, 6.07) is 0. The Hall–Kier alpha value is 0.260. The van der Waals surface area contributed by atoms with E-state index >= 15 is 0 Å². The molecule has 0 aromatic heterocycles. The molecule has 0 saturated heterocycles. The molecule has 0 radical (unpaired) electrons. The van der Waals surface area contributed by atoms with Crippen LogP contribution < -0.4 is 0 Å². The minimum atomic E-state index is -0.236. The molecule has 0 unspecified atom stereocenters. The van der Waals surface area contributed by atoms with Crippen molar-refractivity contribution in [1.82, 2.24) is 0 Å². The summed E-state index contributed by atoms with van der Waals surface area (Å²) in [5.41, 5.74) is 0. The Labute approximate surface area is 78.8 Å². The summed E-state index contributed by atoms with van der Waals surface area (Å²) in [5, 5.41) is 0. The molecule has 11 heavy (non-hydrogen) atoms. The number of carbonyl (C=O) groups is 1. The van der Waals surface area contributed by atoms with Gasteiger partial charge in [-0.3, -0.25) is 0 Å². The van der Waals surface area contributed by atoms with Gasteiger partial charge in [0.05, 0.1) is 0 Å². The van der Waals surface area contributed by atoms with Gasteiger partial charge in [-0.25, -0.2) is 0 Å². The van der Waals surface area contributed by atoms with Crippen molar-refractivity contribution in [1.29, 1.82) is 0 Å². The second kappa shape index (κ2) is 5.00. The third kappa shape index (κ3) is 2.35. The Balaban J connectivity index is 4.39. The Morgan fingerprint density at radius 1 is 1.45 bits per heavy atom. The number of hydrogen-bond acceptors (Lipinski definition) is 2. The first kappa shape index (κ1) is 11.3. The average molecular weight is 272 g/mol. The molecule has 3 heteroatoms. The van der Waals surface area contributed by atoms with Crippen molar-refractivity contribution in [2.45, 2.75) is 35.1 Å². The molecule has 66 valence electrons. The van der Waals surface area contributed by atoms with Crippen molar-refractivity contribution in [2.75, 3.05) is 7.11 Å². The van der Waals surface area contributed by atoms with Gasteiger partial charge in [-0.15, -0.1) is 0 Å². The molecular weight excluding hydrogens is 256 g/mol. The average Bonchev–Trinajstić information content (AvgIpc) is 2.08. The quantitative estimate of drug-likeness (QED) is 0.577. The SMILES string of the molecule is CCC(CC)([Te]C)C(=O)OC. The predicted octanol–water partition coefficient (Wildman–Crippen LogP) is 1.89. The van der Waals surface area contributed by atoms with Crippen molar-refractivity contribution in [2.24, 2.45) is 0 Å². The molecular formula is C8H16O2Te. The molecule has 2 nitrogen and oxygen atoms in total. The van der Waals surface area contributed by atoms with Crippen LogP contribution in [0.15, 0.2) is 0 Å². The molecule has 0 aliphatic carbocycles. The molecule has 0 heterocycles. The summed E-state index contributed by atoms with van der Waals surface area (Å²) in [5.74, 6) is -0.00704. The summed E-state index contributed by atoms with van der Waals surface area (Å²) in [6.45, 7) is 4.13. The molecule has 0 N–H and O–H groups in total. The number of hydrogen-bond donors (Lipinski definition) is 0. The number of methoxy groups -OCH3 is 1. The Bertz CT molecular complexity index is 122. The van der Waals surface area contributed by atoms with E-state index in [9.17, 15) is 4.79 Å². The maximum atomic E-state index is 11.3. The van der Waals surface area contributed by atoms with E-state index in [-0.39, 0.29) is 30.4 Å². The number of ether oxygens (including phenoxy) is 1. The van der Waals surface area contributed by atoms with Gasteiger partial charge >= 0.3 is 78.7 Å². The van der Waals surface area contributed by atoms with Crippen LogP contribution in [0.25, 0.3) is 0 Å². The monoisotopic (exact) mass is 274 g/mol. The van der Waals surface area contributed by atoms with Crippen LogP contribution in [0, 0.1) is 0 Å². The van der Waals surface area contributed by atoms with Gasteiger partial charge in [0.2, 0.25) is 0 Å². The van der Waals surface area contributed by atoms with E-state index in [0.29, 0.717) is 0 Å². The van der Waals surface area contributed by atoms with Crippen molar-refractivity contribution >= 4 is 26.9 Å². The van der Waals surface area contributed by atoms with Gasteiger partial charge in [0.25, 0.3) is 0 Å². The van der Waals surface area contributed by atoms with E-state index in [2.05, 4.69) is 18.8 Å². The van der Waals surface area contributed by atoms with Crippen LogP contribution in [-0.2, 0) is 9.53 Å². The molecule has 0 aliphatic heterocycles.